The highest BCUT2D eigenvalue weighted by atomic mass is 127. The summed E-state index contributed by atoms with van der Waals surface area (Å²) in [4.78, 5) is 0. The van der Waals surface area contributed by atoms with Gasteiger partial charge in [0.25, 0.3) is 0 Å². The van der Waals surface area contributed by atoms with Gasteiger partial charge in [-0.05, 0) is 35.6 Å². The summed E-state index contributed by atoms with van der Waals surface area (Å²) in [5.74, 6) is -0.324. The van der Waals surface area contributed by atoms with Gasteiger partial charge in [-0.1, -0.05) is 0 Å². The van der Waals surface area contributed by atoms with Crippen LogP contribution in [0.25, 0.3) is 0 Å². The number of anilines is 2. The molecule has 0 radical (unpaired) electrons. The van der Waals surface area contributed by atoms with Gasteiger partial charge in [0.05, 0.1) is 21.0 Å². The molecule has 0 spiro atoms. The smallest absolute Gasteiger partial charge is 0.138 e. The predicted octanol–water partition coefficient (Wildman–Crippen LogP) is 1.96. The molecule has 1 aromatic rings. The van der Waals surface area contributed by atoms with E-state index in [0.29, 0.717) is 34.5 Å². The molecule has 18 heavy (non-hydrogen) atoms. The van der Waals surface area contributed by atoms with Crippen LogP contribution >= 0.6 is 22.6 Å². The number of benzene rings is 1. The van der Waals surface area contributed by atoms with Crippen molar-refractivity contribution in [2.24, 2.45) is 0 Å². The molecular formula is C12H16FIN2O2. The molecule has 0 aromatic heterocycles. The van der Waals surface area contributed by atoms with Crippen LogP contribution in [0.3, 0.4) is 0 Å². The highest BCUT2D eigenvalue weighted by Gasteiger charge is 2.39. The van der Waals surface area contributed by atoms with Gasteiger partial charge in [0, 0.05) is 25.6 Å². The fourth-order valence-electron chi connectivity index (χ4n) is 1.97. The number of halogens is 2. The monoisotopic (exact) mass is 366 g/mol. The lowest BCUT2D eigenvalue weighted by molar-refractivity contribution is -0.0175. The second kappa shape index (κ2) is 5.18. The Morgan fingerprint density at radius 3 is 3.00 bits per heavy atom. The standard InChI is InChI=1S/C12H16FIN2O2/c1-7-12(17,2-3-18-7)6-16-11-4-8(13)9(14)5-10(11)15/h4-5,7,16-17H,2-3,6,15H2,1H3. The van der Waals surface area contributed by atoms with Crippen molar-refractivity contribution in [2.75, 3.05) is 24.2 Å². The SMILES string of the molecule is CC1OCCC1(O)CNc1cc(F)c(I)cc1N. The van der Waals surface area contributed by atoms with Crippen molar-refractivity contribution in [2.45, 2.75) is 25.0 Å². The minimum absolute atomic E-state index is 0.236. The number of aliphatic hydroxyl groups is 1. The third-order valence-corrected chi connectivity index (χ3v) is 4.16. The summed E-state index contributed by atoms with van der Waals surface area (Å²) in [6.07, 6.45) is 0.327. The van der Waals surface area contributed by atoms with Crippen molar-refractivity contribution in [3.8, 4) is 0 Å². The molecule has 6 heteroatoms. The number of nitrogen functional groups attached to an aromatic ring is 1. The summed E-state index contributed by atoms with van der Waals surface area (Å²) in [6.45, 7) is 2.65. The maximum atomic E-state index is 13.4. The minimum Gasteiger partial charge on any atom is -0.397 e. The highest BCUT2D eigenvalue weighted by Crippen LogP contribution is 2.28. The number of hydrogen-bond donors (Lipinski definition) is 3. The molecule has 100 valence electrons. The fourth-order valence-corrected chi connectivity index (χ4v) is 2.46. The number of nitrogens with two attached hydrogens (primary N) is 1. The van der Waals surface area contributed by atoms with Crippen molar-refractivity contribution in [3.05, 3.63) is 21.5 Å². The zero-order chi connectivity index (χ0) is 13.3. The Labute approximate surface area is 119 Å². The van der Waals surface area contributed by atoms with Crippen molar-refractivity contribution in [1.82, 2.24) is 0 Å². The molecule has 1 aliphatic rings. The largest absolute Gasteiger partial charge is 0.397 e. The number of ether oxygens (including phenoxy) is 1. The van der Waals surface area contributed by atoms with E-state index in [4.69, 9.17) is 10.5 Å². The van der Waals surface area contributed by atoms with E-state index < -0.39 is 5.60 Å². The lowest BCUT2D eigenvalue weighted by atomic mass is 9.96. The summed E-state index contributed by atoms with van der Waals surface area (Å²) in [7, 11) is 0. The average molecular weight is 366 g/mol. The topological polar surface area (TPSA) is 67.5 Å². The van der Waals surface area contributed by atoms with Crippen LogP contribution in [0.1, 0.15) is 13.3 Å². The number of rotatable bonds is 3. The molecule has 0 saturated carbocycles. The lowest BCUT2D eigenvalue weighted by Gasteiger charge is -2.27. The molecule has 0 amide bonds. The molecule has 1 saturated heterocycles. The van der Waals surface area contributed by atoms with Crippen LogP contribution in [-0.4, -0.2) is 30.0 Å². The maximum Gasteiger partial charge on any atom is 0.138 e. The van der Waals surface area contributed by atoms with E-state index in [2.05, 4.69) is 5.32 Å². The third-order valence-electron chi connectivity index (χ3n) is 3.34. The summed E-state index contributed by atoms with van der Waals surface area (Å²) >= 11 is 1.89. The Kier molecular flexibility index (Phi) is 3.98. The van der Waals surface area contributed by atoms with Crippen molar-refractivity contribution >= 4 is 34.0 Å². The molecule has 0 bridgehead atoms. The Balaban J connectivity index is 2.09. The van der Waals surface area contributed by atoms with Gasteiger partial charge in [0.15, 0.2) is 0 Å². The second-order valence-electron chi connectivity index (χ2n) is 4.57. The Bertz CT molecular complexity index is 458. The van der Waals surface area contributed by atoms with Gasteiger partial charge in [-0.2, -0.15) is 0 Å². The van der Waals surface area contributed by atoms with Crippen LogP contribution < -0.4 is 11.1 Å². The van der Waals surface area contributed by atoms with Gasteiger partial charge in [0.1, 0.15) is 11.4 Å². The first-order valence-corrected chi connectivity index (χ1v) is 6.82. The molecule has 0 aliphatic carbocycles. The summed E-state index contributed by atoms with van der Waals surface area (Å²) in [5, 5.41) is 13.3. The van der Waals surface area contributed by atoms with Crippen LogP contribution in [0, 0.1) is 9.39 Å². The van der Waals surface area contributed by atoms with Gasteiger partial charge >= 0.3 is 0 Å². The quantitative estimate of drug-likeness (QED) is 0.565. The van der Waals surface area contributed by atoms with Crippen LogP contribution in [0.2, 0.25) is 0 Å². The molecule has 1 aliphatic heterocycles. The van der Waals surface area contributed by atoms with Gasteiger partial charge < -0.3 is 20.9 Å². The van der Waals surface area contributed by atoms with Crippen molar-refractivity contribution in [1.29, 1.82) is 0 Å². The van der Waals surface area contributed by atoms with Gasteiger partial charge in [-0.25, -0.2) is 4.39 Å². The molecule has 4 N–H and O–H groups in total. The Morgan fingerprint density at radius 2 is 2.39 bits per heavy atom. The van der Waals surface area contributed by atoms with Crippen LogP contribution in [0.15, 0.2) is 12.1 Å². The van der Waals surface area contributed by atoms with Crippen molar-refractivity contribution in [3.63, 3.8) is 0 Å². The molecule has 4 nitrogen and oxygen atoms in total. The number of hydrogen-bond acceptors (Lipinski definition) is 4. The van der Waals surface area contributed by atoms with Crippen molar-refractivity contribution < 1.29 is 14.2 Å². The summed E-state index contributed by atoms with van der Waals surface area (Å²) in [6, 6.07) is 2.91. The first-order chi connectivity index (χ1) is 8.42. The van der Waals surface area contributed by atoms with E-state index >= 15 is 0 Å². The van der Waals surface area contributed by atoms with Gasteiger partial charge in [0.2, 0.25) is 0 Å². The zero-order valence-corrected chi connectivity index (χ0v) is 12.2. The van der Waals surface area contributed by atoms with E-state index in [9.17, 15) is 9.50 Å². The van der Waals surface area contributed by atoms with E-state index in [1.54, 1.807) is 6.07 Å². The molecule has 1 aromatic carbocycles. The molecule has 1 heterocycles. The summed E-state index contributed by atoms with van der Waals surface area (Å²) < 4.78 is 19.3. The van der Waals surface area contributed by atoms with Gasteiger partial charge in [-0.3, -0.25) is 0 Å². The molecule has 2 rings (SSSR count). The first kappa shape index (κ1) is 13.8. The fraction of sp³-hybridized carbons (Fsp3) is 0.500. The van der Waals surface area contributed by atoms with E-state index in [1.807, 2.05) is 29.5 Å². The molecule has 1 fully saturated rings. The Morgan fingerprint density at radius 1 is 1.67 bits per heavy atom. The Hall–Kier alpha value is -0.600. The predicted molar refractivity (Wildman–Crippen MR) is 77.0 cm³/mol. The van der Waals surface area contributed by atoms with E-state index in [-0.39, 0.29) is 11.9 Å². The van der Waals surface area contributed by atoms with E-state index in [1.165, 1.54) is 6.07 Å². The number of nitrogens with one attached hydrogen (secondary N) is 1. The zero-order valence-electron chi connectivity index (χ0n) is 10.0. The molecular weight excluding hydrogens is 350 g/mol. The van der Waals surface area contributed by atoms with Crippen LogP contribution in [-0.2, 0) is 4.74 Å². The molecule has 2 unspecified atom stereocenters. The lowest BCUT2D eigenvalue weighted by Crippen LogP contribution is -2.43. The molecule has 2 atom stereocenters. The minimum atomic E-state index is -0.925. The first-order valence-electron chi connectivity index (χ1n) is 5.75. The normalized spacial score (nSPS) is 27.4. The third kappa shape index (κ3) is 2.70. The van der Waals surface area contributed by atoms with E-state index in [0.717, 1.165) is 0 Å². The van der Waals surface area contributed by atoms with Crippen LogP contribution in [0.4, 0.5) is 15.8 Å². The second-order valence-corrected chi connectivity index (χ2v) is 5.74. The highest BCUT2D eigenvalue weighted by molar-refractivity contribution is 14.1. The maximum absolute atomic E-state index is 13.4. The van der Waals surface area contributed by atoms with Gasteiger partial charge in [-0.15, -0.1) is 0 Å². The van der Waals surface area contributed by atoms with Crippen LogP contribution in [0.5, 0.6) is 0 Å². The average Bonchev–Trinajstić information content (AvgIpc) is 2.63. The summed E-state index contributed by atoms with van der Waals surface area (Å²) in [5.41, 5.74) is 5.85.